The second-order valence-electron chi connectivity index (χ2n) is 5.16. The first-order valence-electron chi connectivity index (χ1n) is 6.42. The zero-order valence-electron chi connectivity index (χ0n) is 12.1. The number of nitrogen functional groups attached to an aromatic ring is 1. The zero-order chi connectivity index (χ0) is 15.2. The van der Waals surface area contributed by atoms with Crippen LogP contribution in [0, 0.1) is 16.7 Å². The number of nitrogens with zero attached hydrogens (tertiary/aromatic N) is 1. The van der Waals surface area contributed by atoms with E-state index in [0.717, 1.165) is 12.8 Å². The molecule has 0 aliphatic rings. The van der Waals surface area contributed by atoms with Gasteiger partial charge in [0, 0.05) is 5.69 Å². The minimum absolute atomic E-state index is 0.245. The van der Waals surface area contributed by atoms with Crippen LogP contribution in [0.15, 0.2) is 18.2 Å². The molecule has 0 atom stereocenters. The minimum atomic E-state index is -0.518. The van der Waals surface area contributed by atoms with Crippen molar-refractivity contribution < 1.29 is 14.3 Å². The monoisotopic (exact) mass is 276 g/mol. The largest absolute Gasteiger partial charge is 0.493 e. The van der Waals surface area contributed by atoms with E-state index >= 15 is 0 Å². The van der Waals surface area contributed by atoms with E-state index < -0.39 is 5.97 Å². The third-order valence-corrected chi connectivity index (χ3v) is 2.95. The molecular weight excluding hydrogens is 256 g/mol. The quantitative estimate of drug-likeness (QED) is 0.490. The van der Waals surface area contributed by atoms with Gasteiger partial charge >= 0.3 is 5.97 Å². The van der Waals surface area contributed by atoms with Crippen LogP contribution in [0.3, 0.4) is 0 Å². The van der Waals surface area contributed by atoms with Gasteiger partial charge in [0.1, 0.15) is 11.3 Å². The lowest BCUT2D eigenvalue weighted by molar-refractivity contribution is 0.0597. The molecule has 20 heavy (non-hydrogen) atoms. The number of nitrogens with two attached hydrogens (primary N) is 1. The van der Waals surface area contributed by atoms with Crippen LogP contribution in [0.2, 0.25) is 0 Å². The maximum absolute atomic E-state index is 11.7. The average Bonchev–Trinajstić information content (AvgIpc) is 2.43. The Labute approximate surface area is 119 Å². The van der Waals surface area contributed by atoms with Crippen molar-refractivity contribution in [1.29, 1.82) is 5.26 Å². The molecule has 5 heteroatoms. The third-order valence-electron chi connectivity index (χ3n) is 2.95. The van der Waals surface area contributed by atoms with Gasteiger partial charge in [0.2, 0.25) is 0 Å². The van der Waals surface area contributed by atoms with Crippen LogP contribution in [0.1, 0.15) is 37.0 Å². The summed E-state index contributed by atoms with van der Waals surface area (Å²) in [5, 5.41) is 8.93. The van der Waals surface area contributed by atoms with Crippen molar-refractivity contribution in [3.8, 4) is 11.8 Å². The van der Waals surface area contributed by atoms with E-state index in [1.165, 1.54) is 7.11 Å². The first-order valence-corrected chi connectivity index (χ1v) is 6.42. The van der Waals surface area contributed by atoms with Gasteiger partial charge in [0.05, 0.1) is 25.2 Å². The molecule has 0 saturated carbocycles. The number of carbonyl (C=O) groups excluding carboxylic acids is 1. The maximum atomic E-state index is 11.7. The second kappa shape index (κ2) is 6.80. The van der Waals surface area contributed by atoms with Gasteiger partial charge in [-0.2, -0.15) is 5.26 Å². The Morgan fingerprint density at radius 1 is 1.45 bits per heavy atom. The molecule has 0 radical (unpaired) electrons. The summed E-state index contributed by atoms with van der Waals surface area (Å²) in [5.74, 6) is -0.109. The molecule has 0 aliphatic heterocycles. The van der Waals surface area contributed by atoms with E-state index in [0.29, 0.717) is 18.0 Å². The van der Waals surface area contributed by atoms with Crippen LogP contribution in [-0.2, 0) is 4.74 Å². The van der Waals surface area contributed by atoms with Crippen LogP contribution < -0.4 is 10.5 Å². The number of ether oxygens (including phenoxy) is 2. The van der Waals surface area contributed by atoms with Crippen LogP contribution >= 0.6 is 0 Å². The summed E-state index contributed by atoms with van der Waals surface area (Å²) in [5.41, 5.74) is 5.97. The number of esters is 1. The van der Waals surface area contributed by atoms with Gasteiger partial charge in [-0.25, -0.2) is 4.79 Å². The highest BCUT2D eigenvalue weighted by atomic mass is 16.5. The molecule has 0 spiro atoms. The van der Waals surface area contributed by atoms with Crippen molar-refractivity contribution in [1.82, 2.24) is 0 Å². The summed E-state index contributed by atoms with van der Waals surface area (Å²) in [7, 11) is 1.30. The molecule has 1 aromatic carbocycles. The third kappa shape index (κ3) is 4.16. The van der Waals surface area contributed by atoms with Gasteiger partial charge in [-0.1, -0.05) is 6.07 Å². The minimum Gasteiger partial charge on any atom is -0.493 e. The number of anilines is 1. The lowest BCUT2D eigenvalue weighted by atomic mass is 9.90. The summed E-state index contributed by atoms with van der Waals surface area (Å²) in [4.78, 5) is 11.7. The fraction of sp³-hybridized carbons (Fsp3) is 0.467. The fourth-order valence-corrected chi connectivity index (χ4v) is 1.74. The predicted molar refractivity (Wildman–Crippen MR) is 76.3 cm³/mol. The van der Waals surface area contributed by atoms with Gasteiger partial charge in [0.25, 0.3) is 0 Å². The van der Waals surface area contributed by atoms with Crippen LogP contribution in [0.25, 0.3) is 0 Å². The van der Waals surface area contributed by atoms with Crippen LogP contribution in [0.5, 0.6) is 5.75 Å². The highest BCUT2D eigenvalue weighted by molar-refractivity contribution is 5.98. The number of methoxy groups -OCH3 is 1. The maximum Gasteiger partial charge on any atom is 0.343 e. The molecular formula is C15H20N2O3. The molecule has 5 nitrogen and oxygen atoms in total. The first-order chi connectivity index (χ1) is 9.41. The van der Waals surface area contributed by atoms with Crippen molar-refractivity contribution in [3.63, 3.8) is 0 Å². The van der Waals surface area contributed by atoms with E-state index in [9.17, 15) is 4.79 Å². The lowest BCUT2D eigenvalue weighted by Gasteiger charge is -2.16. The number of rotatable bonds is 6. The SMILES string of the molecule is COC(=O)c1c(N)cccc1OCCCC(C)(C)C#N. The average molecular weight is 276 g/mol. The molecule has 108 valence electrons. The van der Waals surface area contributed by atoms with Crippen molar-refractivity contribution in [2.45, 2.75) is 26.7 Å². The Morgan fingerprint density at radius 3 is 2.75 bits per heavy atom. The van der Waals surface area contributed by atoms with Crippen molar-refractivity contribution in [3.05, 3.63) is 23.8 Å². The zero-order valence-corrected chi connectivity index (χ0v) is 12.1. The Bertz CT molecular complexity index is 518. The Hall–Kier alpha value is -2.22. The molecule has 0 fully saturated rings. The summed E-state index contributed by atoms with van der Waals surface area (Å²) in [6, 6.07) is 7.26. The smallest absolute Gasteiger partial charge is 0.343 e. The second-order valence-corrected chi connectivity index (χ2v) is 5.16. The first kappa shape index (κ1) is 15.8. The molecule has 0 aromatic heterocycles. The van der Waals surface area contributed by atoms with Gasteiger partial charge in [-0.15, -0.1) is 0 Å². The molecule has 0 bridgehead atoms. The summed E-state index contributed by atoms with van der Waals surface area (Å²) in [6.45, 7) is 4.18. The number of hydrogen-bond donors (Lipinski definition) is 1. The van der Waals surface area contributed by atoms with E-state index in [1.807, 2.05) is 13.8 Å². The Morgan fingerprint density at radius 2 is 2.15 bits per heavy atom. The molecule has 0 unspecified atom stereocenters. The molecule has 0 aliphatic carbocycles. The van der Waals surface area contributed by atoms with Gasteiger partial charge in [-0.05, 0) is 38.8 Å². The summed E-state index contributed by atoms with van der Waals surface area (Å²) < 4.78 is 10.3. The number of hydrogen-bond acceptors (Lipinski definition) is 5. The van der Waals surface area contributed by atoms with Gasteiger partial charge < -0.3 is 15.2 Å². The van der Waals surface area contributed by atoms with E-state index in [1.54, 1.807) is 18.2 Å². The van der Waals surface area contributed by atoms with Gasteiger partial charge in [0.15, 0.2) is 0 Å². The van der Waals surface area contributed by atoms with Crippen molar-refractivity contribution in [2.75, 3.05) is 19.5 Å². The number of nitriles is 1. The van der Waals surface area contributed by atoms with Crippen LogP contribution in [0.4, 0.5) is 5.69 Å². The fourth-order valence-electron chi connectivity index (χ4n) is 1.74. The Kier molecular flexibility index (Phi) is 5.39. The van der Waals surface area contributed by atoms with Crippen molar-refractivity contribution >= 4 is 11.7 Å². The highest BCUT2D eigenvalue weighted by Crippen LogP contribution is 2.26. The molecule has 0 saturated heterocycles. The Balaban J connectivity index is 2.68. The lowest BCUT2D eigenvalue weighted by Crippen LogP contribution is -2.12. The van der Waals surface area contributed by atoms with E-state index in [4.69, 9.17) is 20.5 Å². The number of benzene rings is 1. The van der Waals surface area contributed by atoms with Crippen LogP contribution in [-0.4, -0.2) is 19.7 Å². The number of carbonyl (C=O) groups is 1. The topological polar surface area (TPSA) is 85.3 Å². The molecule has 1 rings (SSSR count). The molecule has 0 heterocycles. The molecule has 0 amide bonds. The summed E-state index contributed by atoms with van der Waals surface area (Å²) in [6.07, 6.45) is 1.44. The van der Waals surface area contributed by atoms with E-state index in [-0.39, 0.29) is 11.0 Å². The predicted octanol–water partition coefficient (Wildman–Crippen LogP) is 2.76. The highest BCUT2D eigenvalue weighted by Gasteiger charge is 2.18. The molecule has 2 N–H and O–H groups in total. The molecule has 1 aromatic rings. The van der Waals surface area contributed by atoms with Crippen molar-refractivity contribution in [2.24, 2.45) is 5.41 Å². The normalized spacial score (nSPS) is 10.7. The van der Waals surface area contributed by atoms with Gasteiger partial charge in [-0.3, -0.25) is 0 Å². The summed E-state index contributed by atoms with van der Waals surface area (Å²) >= 11 is 0. The van der Waals surface area contributed by atoms with E-state index in [2.05, 4.69) is 6.07 Å². The standard InChI is InChI=1S/C15H20N2O3/c1-15(2,10-16)8-5-9-20-12-7-4-6-11(17)13(12)14(18)19-3/h4,6-7H,5,8-9,17H2,1-3H3.